The van der Waals surface area contributed by atoms with Crippen LogP contribution in [0.3, 0.4) is 0 Å². The molecule has 0 aromatic heterocycles. The van der Waals surface area contributed by atoms with Crippen molar-refractivity contribution in [3.8, 4) is 0 Å². The monoisotopic (exact) mass is 329 g/mol. The minimum absolute atomic E-state index is 0.196. The van der Waals surface area contributed by atoms with Gasteiger partial charge in [0.15, 0.2) is 0 Å². The van der Waals surface area contributed by atoms with Gasteiger partial charge in [0.05, 0.1) is 5.25 Å². The van der Waals surface area contributed by atoms with E-state index in [-0.39, 0.29) is 11.2 Å². The zero-order chi connectivity index (χ0) is 13.1. The highest BCUT2D eigenvalue weighted by molar-refractivity contribution is 9.10. The van der Waals surface area contributed by atoms with E-state index in [4.69, 9.17) is 5.11 Å². The Balaban J connectivity index is 1.99. The van der Waals surface area contributed by atoms with Crippen molar-refractivity contribution in [2.45, 2.75) is 17.7 Å². The van der Waals surface area contributed by atoms with Crippen molar-refractivity contribution in [2.24, 2.45) is 0 Å². The molecule has 0 saturated carbocycles. The number of nitrogens with one attached hydrogen (secondary N) is 1. The number of carboxylic acids is 1. The molecule has 1 saturated heterocycles. The lowest BCUT2D eigenvalue weighted by Gasteiger charge is -2.26. The molecule has 1 amide bonds. The second-order valence-electron chi connectivity index (χ2n) is 4.06. The fraction of sp³-hybridized carbons (Fsp3) is 0.333. The minimum Gasteiger partial charge on any atom is -0.480 e. The summed E-state index contributed by atoms with van der Waals surface area (Å²) in [6.45, 7) is 0. The Morgan fingerprint density at radius 1 is 1.56 bits per heavy atom. The highest BCUT2D eigenvalue weighted by Gasteiger charge is 2.32. The van der Waals surface area contributed by atoms with Crippen LogP contribution >= 0.6 is 27.7 Å². The zero-order valence-electron chi connectivity index (χ0n) is 9.43. The number of hydrogen-bond acceptors (Lipinski definition) is 3. The molecule has 1 heterocycles. The lowest BCUT2D eigenvalue weighted by molar-refractivity contribution is -0.141. The maximum absolute atomic E-state index is 11.8. The van der Waals surface area contributed by atoms with Gasteiger partial charge in [0, 0.05) is 10.2 Å². The molecule has 1 aromatic rings. The fourth-order valence-electron chi connectivity index (χ4n) is 1.76. The molecule has 0 aliphatic carbocycles. The van der Waals surface area contributed by atoms with E-state index in [9.17, 15) is 9.59 Å². The number of hydrogen-bond donors (Lipinski definition) is 2. The largest absolute Gasteiger partial charge is 0.480 e. The van der Waals surface area contributed by atoms with Crippen LogP contribution in [0.25, 0.3) is 0 Å². The van der Waals surface area contributed by atoms with E-state index in [1.54, 1.807) is 0 Å². The molecule has 1 fully saturated rings. The Morgan fingerprint density at radius 2 is 2.33 bits per heavy atom. The van der Waals surface area contributed by atoms with Crippen LogP contribution in [0.4, 0.5) is 0 Å². The standard InChI is InChI=1S/C12H12BrNO3S/c13-8-3-1-2-7(4-8)5-10-11(15)14-9(6-18-10)12(16)17/h1-4,9-10H,5-6H2,(H,14,15)(H,16,17)/t9-,10-/m1/s1. The molecule has 0 radical (unpaired) electrons. The van der Waals surface area contributed by atoms with Crippen molar-refractivity contribution in [3.05, 3.63) is 34.3 Å². The number of halogens is 1. The molecule has 0 bridgehead atoms. The molecule has 1 aromatic carbocycles. The summed E-state index contributed by atoms with van der Waals surface area (Å²) in [6, 6.07) is 7.02. The van der Waals surface area contributed by atoms with Crippen molar-refractivity contribution in [2.75, 3.05) is 5.75 Å². The van der Waals surface area contributed by atoms with Crippen LogP contribution in [0.1, 0.15) is 5.56 Å². The molecule has 1 aliphatic heterocycles. The van der Waals surface area contributed by atoms with Crippen molar-refractivity contribution in [1.82, 2.24) is 5.32 Å². The van der Waals surface area contributed by atoms with Gasteiger partial charge in [-0.25, -0.2) is 4.79 Å². The summed E-state index contributed by atoms with van der Waals surface area (Å²) in [6.07, 6.45) is 0.613. The number of carbonyl (C=O) groups is 2. The average Bonchev–Trinajstić information content (AvgIpc) is 2.31. The molecule has 2 atom stereocenters. The first-order chi connectivity index (χ1) is 8.56. The molecule has 0 unspecified atom stereocenters. The van der Waals surface area contributed by atoms with Gasteiger partial charge in [0.1, 0.15) is 6.04 Å². The third kappa shape index (κ3) is 3.26. The Kier molecular flexibility index (Phi) is 4.29. The van der Waals surface area contributed by atoms with Gasteiger partial charge < -0.3 is 10.4 Å². The van der Waals surface area contributed by atoms with Crippen LogP contribution in [0.5, 0.6) is 0 Å². The van der Waals surface area contributed by atoms with E-state index in [0.29, 0.717) is 12.2 Å². The van der Waals surface area contributed by atoms with Crippen LogP contribution in [-0.2, 0) is 16.0 Å². The normalized spacial score (nSPS) is 23.5. The first-order valence-corrected chi connectivity index (χ1v) is 7.29. The van der Waals surface area contributed by atoms with Crippen LogP contribution in [0.15, 0.2) is 28.7 Å². The number of thioether (sulfide) groups is 1. The predicted molar refractivity (Wildman–Crippen MR) is 73.7 cm³/mol. The molecule has 6 heteroatoms. The first-order valence-electron chi connectivity index (χ1n) is 5.45. The Bertz CT molecular complexity index is 480. The molecule has 96 valence electrons. The van der Waals surface area contributed by atoms with E-state index in [1.165, 1.54) is 11.8 Å². The summed E-state index contributed by atoms with van der Waals surface area (Å²) in [4.78, 5) is 22.6. The van der Waals surface area contributed by atoms with Crippen molar-refractivity contribution >= 4 is 39.6 Å². The topological polar surface area (TPSA) is 66.4 Å². The van der Waals surface area contributed by atoms with Gasteiger partial charge >= 0.3 is 5.97 Å². The lowest BCUT2D eigenvalue weighted by atomic mass is 10.1. The van der Waals surface area contributed by atoms with Crippen LogP contribution in [0.2, 0.25) is 0 Å². The Hall–Kier alpha value is -1.01. The minimum atomic E-state index is -0.975. The van der Waals surface area contributed by atoms with Gasteiger partial charge in [-0.3, -0.25) is 4.79 Å². The highest BCUT2D eigenvalue weighted by Crippen LogP contribution is 2.23. The summed E-state index contributed by atoms with van der Waals surface area (Å²) in [5.41, 5.74) is 1.06. The SMILES string of the molecule is O=C(O)[C@H]1CS[C@H](Cc2cccc(Br)c2)C(=O)N1. The summed E-state index contributed by atoms with van der Waals surface area (Å²) >= 11 is 4.79. The summed E-state index contributed by atoms with van der Waals surface area (Å²) < 4.78 is 0.977. The Labute approximate surface area is 117 Å². The molecular weight excluding hydrogens is 318 g/mol. The summed E-state index contributed by atoms with van der Waals surface area (Å²) in [7, 11) is 0. The third-order valence-electron chi connectivity index (χ3n) is 2.68. The number of aliphatic carboxylic acids is 1. The quantitative estimate of drug-likeness (QED) is 0.885. The van der Waals surface area contributed by atoms with Gasteiger partial charge in [-0.1, -0.05) is 28.1 Å². The van der Waals surface area contributed by atoms with Gasteiger partial charge in [-0.05, 0) is 24.1 Å². The second kappa shape index (κ2) is 5.75. The van der Waals surface area contributed by atoms with E-state index < -0.39 is 12.0 Å². The second-order valence-corrected chi connectivity index (χ2v) is 6.21. The molecular formula is C12H12BrNO3S. The van der Waals surface area contributed by atoms with E-state index in [0.717, 1.165) is 10.0 Å². The predicted octanol–water partition coefficient (Wildman–Crippen LogP) is 1.68. The van der Waals surface area contributed by atoms with Gasteiger partial charge in [-0.2, -0.15) is 0 Å². The smallest absolute Gasteiger partial charge is 0.327 e. The zero-order valence-corrected chi connectivity index (χ0v) is 11.8. The van der Waals surface area contributed by atoms with Gasteiger partial charge in [0.2, 0.25) is 5.91 Å². The third-order valence-corrected chi connectivity index (χ3v) is 4.48. The maximum Gasteiger partial charge on any atom is 0.327 e. The van der Waals surface area contributed by atoms with Crippen LogP contribution in [0, 0.1) is 0 Å². The van der Waals surface area contributed by atoms with Crippen molar-refractivity contribution < 1.29 is 14.7 Å². The van der Waals surface area contributed by atoms with Crippen LogP contribution < -0.4 is 5.32 Å². The highest BCUT2D eigenvalue weighted by atomic mass is 79.9. The molecule has 1 aliphatic rings. The molecule has 2 N–H and O–H groups in total. The average molecular weight is 330 g/mol. The maximum atomic E-state index is 11.8. The van der Waals surface area contributed by atoms with Crippen molar-refractivity contribution in [1.29, 1.82) is 0 Å². The Morgan fingerprint density at radius 3 is 2.94 bits per heavy atom. The number of amides is 1. The van der Waals surface area contributed by atoms with Crippen molar-refractivity contribution in [3.63, 3.8) is 0 Å². The number of carbonyl (C=O) groups excluding carboxylic acids is 1. The molecule has 18 heavy (non-hydrogen) atoms. The van der Waals surface area contributed by atoms with Crippen LogP contribution in [-0.4, -0.2) is 34.0 Å². The summed E-state index contributed by atoms with van der Waals surface area (Å²) in [5, 5.41) is 11.2. The summed E-state index contributed by atoms with van der Waals surface area (Å²) in [5.74, 6) is -0.755. The number of rotatable bonds is 3. The molecule has 0 spiro atoms. The first kappa shape index (κ1) is 13.4. The van der Waals surface area contributed by atoms with E-state index in [2.05, 4.69) is 21.2 Å². The van der Waals surface area contributed by atoms with Gasteiger partial charge in [0.25, 0.3) is 0 Å². The number of carboxylic acid groups (broad SMARTS) is 1. The fourth-order valence-corrected chi connectivity index (χ4v) is 3.38. The van der Waals surface area contributed by atoms with E-state index >= 15 is 0 Å². The molecule has 4 nitrogen and oxygen atoms in total. The number of benzene rings is 1. The lowest BCUT2D eigenvalue weighted by Crippen LogP contribution is -2.51. The van der Waals surface area contributed by atoms with Gasteiger partial charge in [-0.15, -0.1) is 11.8 Å². The molecule has 2 rings (SSSR count). The van der Waals surface area contributed by atoms with E-state index in [1.807, 2.05) is 24.3 Å².